The first-order valence-corrected chi connectivity index (χ1v) is 9.26. The Morgan fingerprint density at radius 1 is 1.42 bits per heavy atom. The van der Waals surface area contributed by atoms with E-state index in [1.54, 1.807) is 7.11 Å². The van der Waals surface area contributed by atoms with Gasteiger partial charge in [-0.05, 0) is 56.6 Å². The molecule has 1 spiro atoms. The summed E-state index contributed by atoms with van der Waals surface area (Å²) in [6.45, 7) is 3.08. The minimum Gasteiger partial charge on any atom is -0.493 e. The van der Waals surface area contributed by atoms with Crippen molar-refractivity contribution < 1.29 is 19.0 Å². The van der Waals surface area contributed by atoms with Gasteiger partial charge in [-0.15, -0.1) is 0 Å². The molecule has 1 aromatic carbocycles. The summed E-state index contributed by atoms with van der Waals surface area (Å²) in [5.74, 6) is 1.08. The topological polar surface area (TPSA) is 48.0 Å². The van der Waals surface area contributed by atoms with Crippen molar-refractivity contribution in [3.63, 3.8) is 0 Å². The molecule has 1 fully saturated rings. The number of piperidine rings is 1. The van der Waals surface area contributed by atoms with Crippen LogP contribution in [0.4, 0.5) is 0 Å². The van der Waals surface area contributed by atoms with Gasteiger partial charge < -0.3 is 14.2 Å². The standard InChI is InChI=1S/C21H23NO4/c1-4-25-19(23)21-9-5-6-14-15-12-13-7-8-16(24-3)18(26-21)17(13)20(14,21)10-11-22(15)2/h5-9,15H,4,10-12H2,1-3H3/t15?,20-,21+/m0/s1. The van der Waals surface area contributed by atoms with Crippen LogP contribution in [-0.2, 0) is 21.4 Å². The second-order valence-corrected chi connectivity index (χ2v) is 7.53. The van der Waals surface area contributed by atoms with Gasteiger partial charge in [-0.3, -0.25) is 4.90 Å². The van der Waals surface area contributed by atoms with Crippen molar-refractivity contribution in [2.75, 3.05) is 27.3 Å². The maximum absolute atomic E-state index is 13.2. The summed E-state index contributed by atoms with van der Waals surface area (Å²) in [4.78, 5) is 15.6. The molecule has 2 bridgehead atoms. The first kappa shape index (κ1) is 15.9. The van der Waals surface area contributed by atoms with Crippen molar-refractivity contribution in [3.8, 4) is 11.5 Å². The predicted octanol–water partition coefficient (Wildman–Crippen LogP) is 2.38. The molecule has 5 rings (SSSR count). The molecule has 3 atom stereocenters. The van der Waals surface area contributed by atoms with E-state index in [4.69, 9.17) is 14.2 Å². The van der Waals surface area contributed by atoms with Crippen LogP contribution in [-0.4, -0.2) is 49.8 Å². The van der Waals surface area contributed by atoms with Gasteiger partial charge in [0, 0.05) is 11.6 Å². The molecule has 0 saturated carbocycles. The number of carbonyl (C=O) groups is 1. The number of hydrogen-bond donors (Lipinski definition) is 0. The van der Waals surface area contributed by atoms with Gasteiger partial charge in [-0.1, -0.05) is 18.2 Å². The molecule has 5 heteroatoms. The van der Waals surface area contributed by atoms with Crippen LogP contribution in [0, 0.1) is 0 Å². The van der Waals surface area contributed by atoms with E-state index in [-0.39, 0.29) is 12.0 Å². The van der Waals surface area contributed by atoms with Gasteiger partial charge in [0.05, 0.1) is 19.1 Å². The summed E-state index contributed by atoms with van der Waals surface area (Å²) in [7, 11) is 3.80. The summed E-state index contributed by atoms with van der Waals surface area (Å²) in [6.07, 6.45) is 7.78. The van der Waals surface area contributed by atoms with Crippen LogP contribution in [0.2, 0.25) is 0 Å². The van der Waals surface area contributed by atoms with Crippen LogP contribution in [0.5, 0.6) is 11.5 Å². The molecule has 4 aliphatic rings. The van der Waals surface area contributed by atoms with E-state index in [0.29, 0.717) is 18.1 Å². The largest absolute Gasteiger partial charge is 0.493 e. The third-order valence-electron chi connectivity index (χ3n) is 6.57. The number of allylic oxidation sites excluding steroid dienone is 2. The highest BCUT2D eigenvalue weighted by atomic mass is 16.6. The Balaban J connectivity index is 1.85. The highest BCUT2D eigenvalue weighted by Crippen LogP contribution is 2.65. The smallest absolute Gasteiger partial charge is 0.355 e. The molecule has 136 valence electrons. The second kappa shape index (κ2) is 5.13. The third-order valence-corrected chi connectivity index (χ3v) is 6.57. The zero-order valence-corrected chi connectivity index (χ0v) is 15.4. The average molecular weight is 353 g/mol. The van der Waals surface area contributed by atoms with Crippen LogP contribution < -0.4 is 9.47 Å². The Kier molecular flexibility index (Phi) is 3.15. The van der Waals surface area contributed by atoms with Gasteiger partial charge >= 0.3 is 5.97 Å². The van der Waals surface area contributed by atoms with Gasteiger partial charge in [0.15, 0.2) is 11.5 Å². The number of esters is 1. The number of nitrogens with zero attached hydrogens (tertiary/aromatic N) is 1. The molecule has 0 aromatic heterocycles. The van der Waals surface area contributed by atoms with Crippen LogP contribution in [0.3, 0.4) is 0 Å². The van der Waals surface area contributed by atoms with Crippen molar-refractivity contribution in [1.29, 1.82) is 0 Å². The monoisotopic (exact) mass is 353 g/mol. The molecule has 26 heavy (non-hydrogen) atoms. The summed E-state index contributed by atoms with van der Waals surface area (Å²) >= 11 is 0. The lowest BCUT2D eigenvalue weighted by Gasteiger charge is -2.55. The lowest BCUT2D eigenvalue weighted by molar-refractivity contribution is -0.161. The van der Waals surface area contributed by atoms with Crippen LogP contribution >= 0.6 is 0 Å². The fourth-order valence-electron chi connectivity index (χ4n) is 5.49. The molecule has 2 aliphatic heterocycles. The number of hydrogen-bond acceptors (Lipinski definition) is 5. The first-order valence-electron chi connectivity index (χ1n) is 9.26. The molecule has 2 aliphatic carbocycles. The quantitative estimate of drug-likeness (QED) is 0.781. The van der Waals surface area contributed by atoms with E-state index in [2.05, 4.69) is 24.1 Å². The van der Waals surface area contributed by atoms with Crippen LogP contribution in [0.15, 0.2) is 35.9 Å². The van der Waals surface area contributed by atoms with Gasteiger partial charge in [0.25, 0.3) is 0 Å². The van der Waals surface area contributed by atoms with E-state index >= 15 is 0 Å². The highest BCUT2D eigenvalue weighted by Gasteiger charge is 2.71. The second-order valence-electron chi connectivity index (χ2n) is 7.53. The van der Waals surface area contributed by atoms with E-state index in [0.717, 1.165) is 24.9 Å². The lowest BCUT2D eigenvalue weighted by atomic mass is 9.53. The van der Waals surface area contributed by atoms with Crippen molar-refractivity contribution in [2.24, 2.45) is 0 Å². The summed E-state index contributed by atoms with van der Waals surface area (Å²) in [5, 5.41) is 0. The summed E-state index contributed by atoms with van der Waals surface area (Å²) in [5.41, 5.74) is 2.00. The zero-order chi connectivity index (χ0) is 18.1. The van der Waals surface area contributed by atoms with E-state index in [9.17, 15) is 4.79 Å². The Bertz CT molecular complexity index is 873. The molecule has 1 aromatic rings. The number of carbonyl (C=O) groups excluding carboxylic acids is 1. The molecule has 0 amide bonds. The van der Waals surface area contributed by atoms with Gasteiger partial charge in [-0.2, -0.15) is 0 Å². The number of methoxy groups -OCH3 is 1. The molecule has 1 saturated heterocycles. The average Bonchev–Trinajstić information content (AvgIpc) is 2.96. The maximum Gasteiger partial charge on any atom is 0.355 e. The van der Waals surface area contributed by atoms with Crippen LogP contribution in [0.1, 0.15) is 24.5 Å². The highest BCUT2D eigenvalue weighted by molar-refractivity contribution is 5.91. The molecule has 0 radical (unpaired) electrons. The van der Waals surface area contributed by atoms with Gasteiger partial charge in [0.2, 0.25) is 5.60 Å². The first-order chi connectivity index (χ1) is 12.6. The Labute approximate surface area is 153 Å². The molecule has 0 N–H and O–H groups in total. The summed E-state index contributed by atoms with van der Waals surface area (Å²) < 4.78 is 17.6. The number of rotatable bonds is 3. The van der Waals surface area contributed by atoms with E-state index in [1.165, 1.54) is 11.1 Å². The maximum atomic E-state index is 13.2. The normalized spacial score (nSPS) is 33.2. The number of likely N-dealkylation sites (N-methyl/N-ethyl adjacent to an activating group) is 1. The Morgan fingerprint density at radius 2 is 2.27 bits per heavy atom. The van der Waals surface area contributed by atoms with E-state index in [1.807, 2.05) is 25.1 Å². The van der Waals surface area contributed by atoms with Crippen molar-refractivity contribution in [1.82, 2.24) is 4.90 Å². The third kappa shape index (κ3) is 1.59. The lowest BCUT2D eigenvalue weighted by Crippen LogP contribution is -2.66. The fraction of sp³-hybridized carbons (Fsp3) is 0.476. The number of ether oxygens (including phenoxy) is 3. The minimum absolute atomic E-state index is 0.276. The molecule has 2 heterocycles. The predicted molar refractivity (Wildman–Crippen MR) is 96.6 cm³/mol. The molecular formula is C21H23NO4. The number of benzene rings is 1. The number of likely N-dealkylation sites (tertiary alicyclic amines) is 1. The zero-order valence-electron chi connectivity index (χ0n) is 15.4. The Morgan fingerprint density at radius 3 is 3.04 bits per heavy atom. The van der Waals surface area contributed by atoms with Crippen molar-refractivity contribution in [2.45, 2.75) is 36.8 Å². The van der Waals surface area contributed by atoms with Crippen LogP contribution in [0.25, 0.3) is 0 Å². The van der Waals surface area contributed by atoms with Gasteiger partial charge in [0.1, 0.15) is 0 Å². The molecule has 1 unspecified atom stereocenters. The fourth-order valence-corrected chi connectivity index (χ4v) is 5.49. The van der Waals surface area contributed by atoms with Crippen molar-refractivity contribution >= 4 is 5.97 Å². The molecule has 5 nitrogen and oxygen atoms in total. The van der Waals surface area contributed by atoms with Gasteiger partial charge in [-0.25, -0.2) is 4.79 Å². The SMILES string of the molecule is CCOC(=O)[C@]12C=CC=C3C4Cc5ccc(OC)c(c5[C@]31CCN4C)O2. The summed E-state index contributed by atoms with van der Waals surface area (Å²) in [6, 6.07) is 4.36. The van der Waals surface area contributed by atoms with Crippen molar-refractivity contribution in [3.05, 3.63) is 47.1 Å². The van der Waals surface area contributed by atoms with E-state index < -0.39 is 11.0 Å². The Hall–Kier alpha value is -2.27. The molecular weight excluding hydrogens is 330 g/mol. The minimum atomic E-state index is -1.14.